The molecule has 0 bridgehead atoms. The van der Waals surface area contributed by atoms with Crippen LogP contribution >= 0.6 is 0 Å². The number of ether oxygens (including phenoxy) is 1. The van der Waals surface area contributed by atoms with Crippen LogP contribution in [-0.2, 0) is 4.74 Å². The first-order valence-corrected chi connectivity index (χ1v) is 6.55. The lowest BCUT2D eigenvalue weighted by Crippen LogP contribution is -2.45. The second-order valence-electron chi connectivity index (χ2n) is 4.84. The minimum absolute atomic E-state index is 0.100. The number of rotatable bonds is 5. The number of nitrogens with one attached hydrogen (secondary N) is 1. The summed E-state index contributed by atoms with van der Waals surface area (Å²) in [6.45, 7) is 5.92. The van der Waals surface area contributed by atoms with E-state index in [1.165, 1.54) is 0 Å². The average Bonchev–Trinajstić information content (AvgIpc) is 2.52. The summed E-state index contributed by atoms with van der Waals surface area (Å²) in [4.78, 5) is 2.21. The van der Waals surface area contributed by atoms with E-state index < -0.39 is 12.7 Å². The highest BCUT2D eigenvalue weighted by Crippen LogP contribution is 2.13. The molecule has 0 saturated carbocycles. The zero-order chi connectivity index (χ0) is 13.6. The summed E-state index contributed by atoms with van der Waals surface area (Å²) in [6, 6.07) is 0.100. The van der Waals surface area contributed by atoms with Gasteiger partial charge in [-0.15, -0.1) is 0 Å². The van der Waals surface area contributed by atoms with Crippen molar-refractivity contribution in [2.45, 2.75) is 45.0 Å². The smallest absolute Gasteiger partial charge is 0.377 e. The van der Waals surface area contributed by atoms with Gasteiger partial charge >= 0.3 is 6.18 Å². The van der Waals surface area contributed by atoms with E-state index in [4.69, 9.17) is 4.74 Å². The Morgan fingerprint density at radius 1 is 1.44 bits per heavy atom. The molecule has 1 N–H and O–H groups in total. The maximum Gasteiger partial charge on any atom is 0.401 e. The van der Waals surface area contributed by atoms with Crippen LogP contribution in [0.25, 0.3) is 0 Å². The van der Waals surface area contributed by atoms with Crippen LogP contribution in [0.5, 0.6) is 0 Å². The van der Waals surface area contributed by atoms with E-state index in [9.17, 15) is 13.2 Å². The minimum Gasteiger partial charge on any atom is -0.377 e. The molecule has 1 saturated heterocycles. The van der Waals surface area contributed by atoms with Crippen LogP contribution in [-0.4, -0.2) is 56.0 Å². The SMILES string of the molecule is CCC1CN(C(C)CNCC(F)(F)F)CCCO1. The van der Waals surface area contributed by atoms with Crippen LogP contribution in [0.15, 0.2) is 0 Å². The Kier molecular flexibility index (Phi) is 6.38. The number of hydrogen-bond donors (Lipinski definition) is 1. The summed E-state index contributed by atoms with van der Waals surface area (Å²) in [5.74, 6) is 0. The Morgan fingerprint density at radius 2 is 2.17 bits per heavy atom. The molecule has 0 radical (unpaired) electrons. The van der Waals surface area contributed by atoms with E-state index in [-0.39, 0.29) is 12.1 Å². The molecule has 2 unspecified atom stereocenters. The summed E-state index contributed by atoms with van der Waals surface area (Å²) in [5, 5.41) is 2.47. The van der Waals surface area contributed by atoms with Crippen molar-refractivity contribution in [2.75, 3.05) is 32.8 Å². The van der Waals surface area contributed by atoms with Crippen LogP contribution < -0.4 is 5.32 Å². The van der Waals surface area contributed by atoms with Gasteiger partial charge in [0.25, 0.3) is 0 Å². The normalized spacial score (nSPS) is 24.8. The monoisotopic (exact) mass is 268 g/mol. The molecule has 108 valence electrons. The van der Waals surface area contributed by atoms with Gasteiger partial charge < -0.3 is 10.1 Å². The third kappa shape index (κ3) is 6.02. The van der Waals surface area contributed by atoms with Crippen molar-refractivity contribution < 1.29 is 17.9 Å². The molecule has 0 amide bonds. The molecule has 3 nitrogen and oxygen atoms in total. The second-order valence-corrected chi connectivity index (χ2v) is 4.84. The summed E-state index contributed by atoms with van der Waals surface area (Å²) >= 11 is 0. The quantitative estimate of drug-likeness (QED) is 0.825. The first-order chi connectivity index (χ1) is 8.42. The maximum atomic E-state index is 12.0. The zero-order valence-corrected chi connectivity index (χ0v) is 11.1. The highest BCUT2D eigenvalue weighted by atomic mass is 19.4. The Hall–Kier alpha value is -0.330. The molecular weight excluding hydrogens is 245 g/mol. The van der Waals surface area contributed by atoms with Gasteiger partial charge in [-0.05, 0) is 19.8 Å². The molecule has 0 aliphatic carbocycles. The summed E-state index contributed by atoms with van der Waals surface area (Å²) < 4.78 is 41.8. The van der Waals surface area contributed by atoms with Gasteiger partial charge in [0.15, 0.2) is 0 Å². The van der Waals surface area contributed by atoms with Crippen LogP contribution in [0.2, 0.25) is 0 Å². The van der Waals surface area contributed by atoms with Gasteiger partial charge in [-0.2, -0.15) is 13.2 Å². The predicted molar refractivity (Wildman–Crippen MR) is 64.6 cm³/mol. The third-order valence-electron chi connectivity index (χ3n) is 3.23. The highest BCUT2D eigenvalue weighted by molar-refractivity contribution is 4.76. The molecule has 1 rings (SSSR count). The minimum atomic E-state index is -4.13. The number of nitrogens with zero attached hydrogens (tertiary/aromatic N) is 1. The van der Waals surface area contributed by atoms with Crippen LogP contribution in [0.1, 0.15) is 26.7 Å². The van der Waals surface area contributed by atoms with Crippen molar-refractivity contribution in [3.63, 3.8) is 0 Å². The lowest BCUT2D eigenvalue weighted by molar-refractivity contribution is -0.125. The fourth-order valence-corrected chi connectivity index (χ4v) is 2.12. The Balaban J connectivity index is 2.32. The Labute approximate surface area is 107 Å². The summed E-state index contributed by atoms with van der Waals surface area (Å²) in [5.41, 5.74) is 0. The first kappa shape index (κ1) is 15.7. The summed E-state index contributed by atoms with van der Waals surface area (Å²) in [6.07, 6.45) is -2.04. The van der Waals surface area contributed by atoms with Gasteiger partial charge in [0, 0.05) is 32.3 Å². The van der Waals surface area contributed by atoms with Crippen molar-refractivity contribution in [1.82, 2.24) is 10.2 Å². The molecule has 6 heteroatoms. The van der Waals surface area contributed by atoms with Crippen molar-refractivity contribution in [3.05, 3.63) is 0 Å². The van der Waals surface area contributed by atoms with E-state index in [2.05, 4.69) is 17.1 Å². The van der Waals surface area contributed by atoms with E-state index in [0.717, 1.165) is 32.5 Å². The number of halogens is 3. The highest BCUT2D eigenvalue weighted by Gasteiger charge is 2.27. The molecular formula is C12H23F3N2O. The topological polar surface area (TPSA) is 24.5 Å². The van der Waals surface area contributed by atoms with Gasteiger partial charge in [-0.25, -0.2) is 0 Å². The fraction of sp³-hybridized carbons (Fsp3) is 1.00. The molecule has 1 fully saturated rings. The molecule has 1 aliphatic heterocycles. The molecule has 18 heavy (non-hydrogen) atoms. The zero-order valence-electron chi connectivity index (χ0n) is 11.1. The fourth-order valence-electron chi connectivity index (χ4n) is 2.12. The lowest BCUT2D eigenvalue weighted by Gasteiger charge is -2.29. The van der Waals surface area contributed by atoms with E-state index >= 15 is 0 Å². The molecule has 1 aliphatic rings. The standard InChI is InChI=1S/C12H23F3N2O/c1-3-11-8-17(5-4-6-18-11)10(2)7-16-9-12(13,14)15/h10-11,16H,3-9H2,1-2H3. The maximum absolute atomic E-state index is 12.0. The second kappa shape index (κ2) is 7.31. The van der Waals surface area contributed by atoms with Crippen LogP contribution in [0.3, 0.4) is 0 Å². The van der Waals surface area contributed by atoms with Crippen molar-refractivity contribution >= 4 is 0 Å². The molecule has 1 heterocycles. The first-order valence-electron chi connectivity index (χ1n) is 6.55. The molecule has 0 aromatic carbocycles. The van der Waals surface area contributed by atoms with Gasteiger partial charge in [-0.3, -0.25) is 4.90 Å². The summed E-state index contributed by atoms with van der Waals surface area (Å²) in [7, 11) is 0. The molecule has 0 spiro atoms. The van der Waals surface area contributed by atoms with E-state index in [0.29, 0.717) is 6.54 Å². The lowest BCUT2D eigenvalue weighted by atomic mass is 10.2. The number of hydrogen-bond acceptors (Lipinski definition) is 3. The third-order valence-corrected chi connectivity index (χ3v) is 3.23. The Bertz CT molecular complexity index is 236. The van der Waals surface area contributed by atoms with Gasteiger partial charge in [-0.1, -0.05) is 6.92 Å². The van der Waals surface area contributed by atoms with Gasteiger partial charge in [0.2, 0.25) is 0 Å². The van der Waals surface area contributed by atoms with Crippen molar-refractivity contribution in [1.29, 1.82) is 0 Å². The molecule has 0 aromatic heterocycles. The largest absolute Gasteiger partial charge is 0.401 e. The van der Waals surface area contributed by atoms with Gasteiger partial charge in [0.05, 0.1) is 12.6 Å². The van der Waals surface area contributed by atoms with Gasteiger partial charge in [0.1, 0.15) is 0 Å². The average molecular weight is 268 g/mol. The van der Waals surface area contributed by atoms with Crippen molar-refractivity contribution in [3.8, 4) is 0 Å². The van der Waals surface area contributed by atoms with Crippen LogP contribution in [0, 0.1) is 0 Å². The predicted octanol–water partition coefficient (Wildman–Crippen LogP) is 2.03. The van der Waals surface area contributed by atoms with E-state index in [1.807, 2.05) is 6.92 Å². The van der Waals surface area contributed by atoms with Crippen LogP contribution in [0.4, 0.5) is 13.2 Å². The number of alkyl halides is 3. The molecule has 0 aromatic rings. The Morgan fingerprint density at radius 3 is 2.78 bits per heavy atom. The van der Waals surface area contributed by atoms with Crippen molar-refractivity contribution in [2.24, 2.45) is 0 Å². The van der Waals surface area contributed by atoms with E-state index in [1.54, 1.807) is 0 Å². The molecule has 2 atom stereocenters.